The molecule has 0 aliphatic carbocycles. The number of imide groups is 1. The first-order valence-corrected chi connectivity index (χ1v) is 10.6. The van der Waals surface area contributed by atoms with Gasteiger partial charge in [-0.1, -0.05) is 12.1 Å². The summed E-state index contributed by atoms with van der Waals surface area (Å²) >= 11 is 0. The second-order valence-electron chi connectivity index (χ2n) is 7.42. The van der Waals surface area contributed by atoms with Crippen LogP contribution in [0.3, 0.4) is 0 Å². The highest BCUT2D eigenvalue weighted by atomic mass is 16.6. The Bertz CT molecular complexity index is 1120. The fourth-order valence-electron chi connectivity index (χ4n) is 3.66. The molecule has 0 fully saturated rings. The summed E-state index contributed by atoms with van der Waals surface area (Å²) in [6.45, 7) is 7.78. The molecule has 10 heteroatoms. The van der Waals surface area contributed by atoms with E-state index in [9.17, 15) is 24.5 Å². The summed E-state index contributed by atoms with van der Waals surface area (Å²) in [6, 6.07) is 7.48. The van der Waals surface area contributed by atoms with Crippen molar-refractivity contribution in [1.29, 1.82) is 0 Å². The van der Waals surface area contributed by atoms with Crippen LogP contribution in [0.25, 0.3) is 0 Å². The van der Waals surface area contributed by atoms with E-state index in [4.69, 9.17) is 9.47 Å². The zero-order valence-electron chi connectivity index (χ0n) is 18.8. The maximum absolute atomic E-state index is 12.9. The molecular weight excluding hydrogens is 430 g/mol. The maximum atomic E-state index is 12.9. The molecular formula is C23H25N3O7. The summed E-state index contributed by atoms with van der Waals surface area (Å²) < 4.78 is 11.2. The average molecular weight is 455 g/mol. The summed E-state index contributed by atoms with van der Waals surface area (Å²) in [7, 11) is 0. The van der Waals surface area contributed by atoms with Crippen LogP contribution >= 0.6 is 0 Å². The average Bonchev–Trinajstić information content (AvgIpc) is 3.04. The van der Waals surface area contributed by atoms with E-state index in [1.165, 1.54) is 19.1 Å². The minimum atomic E-state index is -1.17. The van der Waals surface area contributed by atoms with E-state index in [1.54, 1.807) is 25.1 Å². The van der Waals surface area contributed by atoms with Crippen LogP contribution in [-0.4, -0.2) is 46.8 Å². The van der Waals surface area contributed by atoms with E-state index in [0.29, 0.717) is 24.7 Å². The summed E-state index contributed by atoms with van der Waals surface area (Å²) in [4.78, 5) is 49.8. The molecule has 0 bridgehead atoms. The van der Waals surface area contributed by atoms with Crippen LogP contribution in [0.1, 0.15) is 60.0 Å². The number of nitro benzene ring substituents is 1. The number of ether oxygens (including phenoxy) is 2. The summed E-state index contributed by atoms with van der Waals surface area (Å²) in [6.07, 6.45) is 0. The Morgan fingerprint density at radius 3 is 2.36 bits per heavy atom. The van der Waals surface area contributed by atoms with Gasteiger partial charge in [-0.25, -0.2) is 0 Å². The third-order valence-electron chi connectivity index (χ3n) is 5.31. The number of benzene rings is 2. The number of hydrogen-bond donors (Lipinski definition) is 1. The second kappa shape index (κ2) is 9.68. The molecule has 33 heavy (non-hydrogen) atoms. The molecule has 0 aromatic heterocycles. The number of hydrogen-bond acceptors (Lipinski definition) is 7. The SMILES string of the molecule is CCOc1ccc(C(C)NC(=O)[C@H](C)N2C(=O)c3cccc([N+](=O)[O-])c3C2=O)cc1OCC. The zero-order valence-corrected chi connectivity index (χ0v) is 18.8. The van der Waals surface area contributed by atoms with Gasteiger partial charge < -0.3 is 14.8 Å². The standard InChI is InChI=1S/C23H25N3O7/c1-5-32-18-11-10-15(12-19(18)33-6-2)13(3)24-21(27)14(4)25-22(28)16-8-7-9-17(26(30)31)20(16)23(25)29/h7-14H,5-6H2,1-4H3,(H,24,27)/t13?,14-/m0/s1. The Morgan fingerprint density at radius 1 is 1.06 bits per heavy atom. The van der Waals surface area contributed by atoms with Gasteiger partial charge in [-0.3, -0.25) is 29.4 Å². The van der Waals surface area contributed by atoms with Crippen molar-refractivity contribution in [2.45, 2.75) is 39.8 Å². The summed E-state index contributed by atoms with van der Waals surface area (Å²) in [5.74, 6) is -1.06. The van der Waals surface area contributed by atoms with Gasteiger partial charge in [-0.2, -0.15) is 0 Å². The number of rotatable bonds is 9. The van der Waals surface area contributed by atoms with Crippen molar-refractivity contribution in [1.82, 2.24) is 10.2 Å². The fourth-order valence-corrected chi connectivity index (χ4v) is 3.66. The van der Waals surface area contributed by atoms with E-state index < -0.39 is 40.4 Å². The molecule has 3 amide bonds. The number of nitro groups is 1. The molecule has 10 nitrogen and oxygen atoms in total. The Balaban J connectivity index is 1.79. The summed E-state index contributed by atoms with van der Waals surface area (Å²) in [5, 5.41) is 14.1. The van der Waals surface area contributed by atoms with E-state index in [0.717, 1.165) is 16.5 Å². The highest BCUT2D eigenvalue weighted by Crippen LogP contribution is 2.33. The van der Waals surface area contributed by atoms with Crippen molar-refractivity contribution in [3.63, 3.8) is 0 Å². The Morgan fingerprint density at radius 2 is 1.73 bits per heavy atom. The van der Waals surface area contributed by atoms with Crippen molar-refractivity contribution >= 4 is 23.4 Å². The highest BCUT2D eigenvalue weighted by molar-refractivity contribution is 6.24. The zero-order chi connectivity index (χ0) is 24.3. The van der Waals surface area contributed by atoms with Crippen molar-refractivity contribution in [3.05, 3.63) is 63.2 Å². The monoisotopic (exact) mass is 455 g/mol. The largest absolute Gasteiger partial charge is 0.490 e. The molecule has 2 aromatic rings. The quantitative estimate of drug-likeness (QED) is 0.349. The molecule has 3 rings (SSSR count). The lowest BCUT2D eigenvalue weighted by atomic mass is 10.1. The molecule has 0 saturated heterocycles. The normalized spacial score (nSPS) is 14.5. The molecule has 1 aliphatic heterocycles. The lowest BCUT2D eigenvalue weighted by Crippen LogP contribution is -2.48. The van der Waals surface area contributed by atoms with Crippen LogP contribution in [0.2, 0.25) is 0 Å². The van der Waals surface area contributed by atoms with Gasteiger partial charge in [-0.05, 0) is 51.5 Å². The fraction of sp³-hybridized carbons (Fsp3) is 0.348. The van der Waals surface area contributed by atoms with Gasteiger partial charge in [0.25, 0.3) is 17.5 Å². The van der Waals surface area contributed by atoms with Gasteiger partial charge in [-0.15, -0.1) is 0 Å². The first-order valence-electron chi connectivity index (χ1n) is 10.6. The molecule has 2 aromatic carbocycles. The van der Waals surface area contributed by atoms with Gasteiger partial charge in [0, 0.05) is 6.07 Å². The number of fused-ring (bicyclic) bond motifs is 1. The van der Waals surface area contributed by atoms with Gasteiger partial charge >= 0.3 is 0 Å². The molecule has 1 N–H and O–H groups in total. The molecule has 1 aliphatic rings. The molecule has 2 atom stereocenters. The molecule has 1 unspecified atom stereocenters. The second-order valence-corrected chi connectivity index (χ2v) is 7.42. The van der Waals surface area contributed by atoms with Gasteiger partial charge in [0.2, 0.25) is 5.91 Å². The van der Waals surface area contributed by atoms with E-state index >= 15 is 0 Å². The lowest BCUT2D eigenvalue weighted by molar-refractivity contribution is -0.385. The Hall–Kier alpha value is -3.95. The molecule has 1 heterocycles. The predicted octanol–water partition coefficient (Wildman–Crippen LogP) is 3.25. The van der Waals surface area contributed by atoms with Gasteiger partial charge in [0.05, 0.1) is 29.7 Å². The first-order chi connectivity index (χ1) is 15.7. The van der Waals surface area contributed by atoms with Gasteiger partial charge in [0.15, 0.2) is 11.5 Å². The Kier molecular flexibility index (Phi) is 6.95. The lowest BCUT2D eigenvalue weighted by Gasteiger charge is -2.24. The van der Waals surface area contributed by atoms with Crippen LogP contribution in [0.15, 0.2) is 36.4 Å². The first kappa shape index (κ1) is 23.7. The van der Waals surface area contributed by atoms with E-state index in [2.05, 4.69) is 5.32 Å². The highest BCUT2D eigenvalue weighted by Gasteiger charge is 2.45. The van der Waals surface area contributed by atoms with Crippen LogP contribution < -0.4 is 14.8 Å². The minimum Gasteiger partial charge on any atom is -0.490 e. The van der Waals surface area contributed by atoms with Crippen LogP contribution in [-0.2, 0) is 4.79 Å². The molecule has 0 saturated carbocycles. The minimum absolute atomic E-state index is 0.0882. The molecule has 174 valence electrons. The van der Waals surface area contributed by atoms with E-state index in [1.807, 2.05) is 13.8 Å². The number of amides is 3. The van der Waals surface area contributed by atoms with Crippen LogP contribution in [0, 0.1) is 10.1 Å². The topological polar surface area (TPSA) is 128 Å². The number of carbonyl (C=O) groups excluding carboxylic acids is 3. The molecule has 0 spiro atoms. The van der Waals surface area contributed by atoms with Crippen molar-refractivity contribution < 1.29 is 28.8 Å². The maximum Gasteiger partial charge on any atom is 0.282 e. The number of nitrogens with zero attached hydrogens (tertiary/aromatic N) is 2. The van der Waals surface area contributed by atoms with Crippen molar-refractivity contribution in [3.8, 4) is 11.5 Å². The Labute approximate surface area is 190 Å². The predicted molar refractivity (Wildman–Crippen MR) is 118 cm³/mol. The number of nitrogens with one attached hydrogen (secondary N) is 1. The number of carbonyl (C=O) groups is 3. The smallest absolute Gasteiger partial charge is 0.282 e. The van der Waals surface area contributed by atoms with Crippen LogP contribution in [0.4, 0.5) is 5.69 Å². The van der Waals surface area contributed by atoms with Gasteiger partial charge in [0.1, 0.15) is 11.6 Å². The third kappa shape index (κ3) is 4.50. The van der Waals surface area contributed by atoms with Crippen molar-refractivity contribution in [2.24, 2.45) is 0 Å². The van der Waals surface area contributed by atoms with Crippen LogP contribution in [0.5, 0.6) is 11.5 Å². The third-order valence-corrected chi connectivity index (χ3v) is 5.31. The summed E-state index contributed by atoms with van der Waals surface area (Å²) in [5.41, 5.74) is -0.115. The van der Waals surface area contributed by atoms with Crippen molar-refractivity contribution in [2.75, 3.05) is 13.2 Å². The molecule has 0 radical (unpaired) electrons. The van der Waals surface area contributed by atoms with E-state index in [-0.39, 0.29) is 11.1 Å².